The van der Waals surface area contributed by atoms with Crippen molar-refractivity contribution < 1.29 is 18.3 Å². The number of alkyl halides is 3. The lowest BCUT2D eigenvalue weighted by Gasteiger charge is -2.12. The molecule has 0 saturated carbocycles. The van der Waals surface area contributed by atoms with Gasteiger partial charge in [-0.25, -0.2) is 0 Å². The minimum absolute atomic E-state index is 0.0584. The summed E-state index contributed by atoms with van der Waals surface area (Å²) in [4.78, 5) is 0. The largest absolute Gasteiger partial charge is 0.417 e. The predicted octanol–water partition coefficient (Wildman–Crippen LogP) is 2.55. The molecule has 0 unspecified atom stereocenters. The molecule has 7 heteroatoms. The minimum Gasteiger partial charge on any atom is -0.385 e. The van der Waals surface area contributed by atoms with Crippen LogP contribution in [0.3, 0.4) is 0 Å². The molecule has 1 N–H and O–H groups in total. The third kappa shape index (κ3) is 2.46. The standard InChI is InChI=1S/C12H12F3N3O/c1-7(19)10-16-17-11(18(10)2)8-5-3-4-6-9(8)12(13,14)15/h3-7,19H,1-2H3/t7-/m1/s1. The van der Waals surface area contributed by atoms with Crippen molar-refractivity contribution >= 4 is 0 Å². The second kappa shape index (κ2) is 4.65. The van der Waals surface area contributed by atoms with E-state index in [9.17, 15) is 18.3 Å². The van der Waals surface area contributed by atoms with Crippen LogP contribution in [-0.2, 0) is 13.2 Å². The van der Waals surface area contributed by atoms with Crippen LogP contribution in [0.4, 0.5) is 13.2 Å². The maximum absolute atomic E-state index is 12.9. The van der Waals surface area contributed by atoms with Gasteiger partial charge in [0.15, 0.2) is 11.6 Å². The van der Waals surface area contributed by atoms with Gasteiger partial charge >= 0.3 is 6.18 Å². The van der Waals surface area contributed by atoms with Crippen LogP contribution < -0.4 is 0 Å². The van der Waals surface area contributed by atoms with Gasteiger partial charge in [-0.15, -0.1) is 10.2 Å². The van der Waals surface area contributed by atoms with E-state index in [4.69, 9.17) is 0 Å². The Morgan fingerprint density at radius 3 is 2.37 bits per heavy atom. The van der Waals surface area contributed by atoms with E-state index < -0.39 is 17.8 Å². The lowest BCUT2D eigenvalue weighted by molar-refractivity contribution is -0.137. The molecule has 0 bridgehead atoms. The number of rotatable bonds is 2. The molecule has 0 aliphatic heterocycles. The molecule has 0 saturated heterocycles. The monoisotopic (exact) mass is 271 g/mol. The third-order valence-electron chi connectivity index (χ3n) is 2.76. The molecule has 1 atom stereocenters. The first-order valence-corrected chi connectivity index (χ1v) is 5.56. The Labute approximate surface area is 107 Å². The highest BCUT2D eigenvalue weighted by atomic mass is 19.4. The maximum Gasteiger partial charge on any atom is 0.417 e. The van der Waals surface area contributed by atoms with E-state index in [0.717, 1.165) is 6.07 Å². The first kappa shape index (κ1) is 13.5. The van der Waals surface area contributed by atoms with E-state index >= 15 is 0 Å². The Balaban J connectivity index is 2.60. The summed E-state index contributed by atoms with van der Waals surface area (Å²) in [5.41, 5.74) is -0.834. The topological polar surface area (TPSA) is 50.9 Å². The van der Waals surface area contributed by atoms with E-state index in [-0.39, 0.29) is 17.2 Å². The lowest BCUT2D eigenvalue weighted by atomic mass is 10.1. The first-order valence-electron chi connectivity index (χ1n) is 5.56. The minimum atomic E-state index is -4.46. The van der Waals surface area contributed by atoms with E-state index in [1.165, 1.54) is 36.7 Å². The van der Waals surface area contributed by atoms with E-state index in [1.54, 1.807) is 0 Å². The average molecular weight is 271 g/mol. The van der Waals surface area contributed by atoms with Crippen molar-refractivity contribution in [3.63, 3.8) is 0 Å². The van der Waals surface area contributed by atoms with Crippen LogP contribution in [0.25, 0.3) is 11.4 Å². The van der Waals surface area contributed by atoms with E-state index in [0.29, 0.717) is 0 Å². The van der Waals surface area contributed by atoms with Gasteiger partial charge in [-0.05, 0) is 13.0 Å². The maximum atomic E-state index is 12.9. The third-order valence-corrected chi connectivity index (χ3v) is 2.76. The molecule has 1 heterocycles. The summed E-state index contributed by atoms with van der Waals surface area (Å²) in [5, 5.41) is 16.9. The Morgan fingerprint density at radius 2 is 1.84 bits per heavy atom. The highest BCUT2D eigenvalue weighted by Gasteiger charge is 2.34. The van der Waals surface area contributed by atoms with E-state index in [1.807, 2.05) is 0 Å². The Morgan fingerprint density at radius 1 is 1.21 bits per heavy atom. The zero-order valence-electron chi connectivity index (χ0n) is 10.3. The second-order valence-corrected chi connectivity index (χ2v) is 4.16. The number of benzene rings is 1. The van der Waals surface area contributed by atoms with Crippen LogP contribution in [0.1, 0.15) is 24.4 Å². The number of aliphatic hydroxyl groups excluding tert-OH is 1. The Bertz CT molecular complexity index is 590. The lowest BCUT2D eigenvalue weighted by Crippen LogP contribution is -2.09. The molecule has 0 radical (unpaired) electrons. The molecule has 102 valence electrons. The van der Waals surface area contributed by atoms with Crippen molar-refractivity contribution in [3.8, 4) is 11.4 Å². The zero-order valence-corrected chi connectivity index (χ0v) is 10.3. The van der Waals surface area contributed by atoms with Crippen molar-refractivity contribution in [2.24, 2.45) is 7.05 Å². The Kier molecular flexibility index (Phi) is 3.32. The number of aromatic nitrogens is 3. The van der Waals surface area contributed by atoms with Gasteiger partial charge in [0.25, 0.3) is 0 Å². The van der Waals surface area contributed by atoms with Crippen molar-refractivity contribution in [1.29, 1.82) is 0 Å². The first-order chi connectivity index (χ1) is 8.82. The van der Waals surface area contributed by atoms with Crippen LogP contribution in [0.15, 0.2) is 24.3 Å². The molecule has 0 aliphatic rings. The summed E-state index contributed by atoms with van der Waals surface area (Å²) < 4.78 is 40.1. The fourth-order valence-corrected chi connectivity index (χ4v) is 1.86. The molecule has 2 aromatic rings. The van der Waals surface area contributed by atoms with Gasteiger partial charge in [0, 0.05) is 12.6 Å². The summed E-state index contributed by atoms with van der Waals surface area (Å²) in [6.45, 7) is 1.48. The molecule has 0 aliphatic carbocycles. The van der Waals surface area contributed by atoms with Crippen molar-refractivity contribution in [2.45, 2.75) is 19.2 Å². The molecule has 1 aromatic carbocycles. The number of aliphatic hydroxyl groups is 1. The molecule has 0 fully saturated rings. The average Bonchev–Trinajstić information content (AvgIpc) is 2.70. The van der Waals surface area contributed by atoms with Gasteiger partial charge in [0.2, 0.25) is 0 Å². The zero-order chi connectivity index (χ0) is 14.2. The highest BCUT2D eigenvalue weighted by Crippen LogP contribution is 2.36. The van der Waals surface area contributed by atoms with Gasteiger partial charge in [-0.2, -0.15) is 13.2 Å². The molecule has 1 aromatic heterocycles. The van der Waals surface area contributed by atoms with E-state index in [2.05, 4.69) is 10.2 Å². The van der Waals surface area contributed by atoms with Gasteiger partial charge in [-0.1, -0.05) is 18.2 Å². The van der Waals surface area contributed by atoms with Gasteiger partial charge < -0.3 is 9.67 Å². The fraction of sp³-hybridized carbons (Fsp3) is 0.333. The fourth-order valence-electron chi connectivity index (χ4n) is 1.86. The van der Waals surface area contributed by atoms with Gasteiger partial charge in [-0.3, -0.25) is 0 Å². The molecule has 19 heavy (non-hydrogen) atoms. The van der Waals surface area contributed by atoms with Crippen molar-refractivity contribution in [1.82, 2.24) is 14.8 Å². The van der Waals surface area contributed by atoms with Crippen LogP contribution in [-0.4, -0.2) is 19.9 Å². The van der Waals surface area contributed by atoms with Crippen molar-refractivity contribution in [3.05, 3.63) is 35.7 Å². The number of nitrogens with zero attached hydrogens (tertiary/aromatic N) is 3. The molecular formula is C12H12F3N3O. The summed E-state index contributed by atoms with van der Waals surface area (Å²) in [6, 6.07) is 5.14. The molecular weight excluding hydrogens is 259 g/mol. The Hall–Kier alpha value is -1.89. The predicted molar refractivity (Wildman–Crippen MR) is 62.1 cm³/mol. The number of hydrogen-bond acceptors (Lipinski definition) is 3. The molecule has 0 amide bonds. The molecule has 2 rings (SSSR count). The SMILES string of the molecule is C[C@@H](O)c1nnc(-c2ccccc2C(F)(F)F)n1C. The van der Waals surface area contributed by atoms with Crippen molar-refractivity contribution in [2.75, 3.05) is 0 Å². The van der Waals surface area contributed by atoms with Crippen LogP contribution >= 0.6 is 0 Å². The summed E-state index contributed by atoms with van der Waals surface area (Å²) in [5.74, 6) is 0.288. The van der Waals surface area contributed by atoms with Crippen LogP contribution in [0.5, 0.6) is 0 Å². The summed E-state index contributed by atoms with van der Waals surface area (Å²) in [7, 11) is 1.52. The van der Waals surface area contributed by atoms with Crippen LogP contribution in [0, 0.1) is 0 Å². The quantitative estimate of drug-likeness (QED) is 0.913. The normalized spacial score (nSPS) is 13.6. The molecule has 0 spiro atoms. The molecule has 4 nitrogen and oxygen atoms in total. The smallest absolute Gasteiger partial charge is 0.385 e. The van der Waals surface area contributed by atoms with Gasteiger partial charge in [0.1, 0.15) is 6.10 Å². The summed E-state index contributed by atoms with van der Waals surface area (Å²) in [6.07, 6.45) is -5.36. The summed E-state index contributed by atoms with van der Waals surface area (Å²) >= 11 is 0. The van der Waals surface area contributed by atoms with Gasteiger partial charge in [0.05, 0.1) is 5.56 Å². The second-order valence-electron chi connectivity index (χ2n) is 4.16. The number of hydrogen-bond donors (Lipinski definition) is 1. The highest BCUT2D eigenvalue weighted by molar-refractivity contribution is 5.61. The number of halogens is 3. The van der Waals surface area contributed by atoms with Crippen LogP contribution in [0.2, 0.25) is 0 Å².